The topological polar surface area (TPSA) is 70.6 Å². The molecule has 5 rings (SSSR count). The van der Waals surface area contributed by atoms with Gasteiger partial charge in [0.2, 0.25) is 9.84 Å². The molecular formula is C27H24BrN3O3S. The van der Waals surface area contributed by atoms with E-state index >= 15 is 0 Å². The molecule has 1 amide bonds. The van der Waals surface area contributed by atoms with Gasteiger partial charge in [0.05, 0.1) is 9.79 Å². The molecule has 0 atom stereocenters. The maximum Gasteiger partial charge on any atom is 0.253 e. The largest absolute Gasteiger partial charge is 0.368 e. The highest BCUT2D eigenvalue weighted by Crippen LogP contribution is 2.27. The van der Waals surface area contributed by atoms with E-state index in [0.29, 0.717) is 18.7 Å². The highest BCUT2D eigenvalue weighted by molar-refractivity contribution is 9.10. The van der Waals surface area contributed by atoms with Crippen molar-refractivity contribution in [3.8, 4) is 0 Å². The summed E-state index contributed by atoms with van der Waals surface area (Å²) in [6, 6.07) is 21.1. The molecular weight excluding hydrogens is 526 g/mol. The lowest BCUT2D eigenvalue weighted by atomic mass is 10.1. The molecule has 1 aliphatic rings. The van der Waals surface area contributed by atoms with E-state index in [1.165, 1.54) is 12.1 Å². The molecule has 2 heterocycles. The van der Waals surface area contributed by atoms with Gasteiger partial charge in [-0.2, -0.15) is 0 Å². The first kappa shape index (κ1) is 23.5. The number of sulfone groups is 1. The monoisotopic (exact) mass is 549 g/mol. The summed E-state index contributed by atoms with van der Waals surface area (Å²) in [6.45, 7) is 4.65. The van der Waals surface area contributed by atoms with E-state index in [-0.39, 0.29) is 15.7 Å². The van der Waals surface area contributed by atoms with Crippen molar-refractivity contribution >= 4 is 48.1 Å². The lowest BCUT2D eigenvalue weighted by Gasteiger charge is -2.36. The second-order valence-corrected chi connectivity index (χ2v) is 11.5. The zero-order valence-electron chi connectivity index (χ0n) is 19.2. The molecule has 1 fully saturated rings. The Labute approximate surface area is 213 Å². The van der Waals surface area contributed by atoms with Gasteiger partial charge < -0.3 is 9.80 Å². The van der Waals surface area contributed by atoms with Crippen LogP contribution >= 0.6 is 15.9 Å². The highest BCUT2D eigenvalue weighted by Gasteiger charge is 2.24. The van der Waals surface area contributed by atoms with Crippen molar-refractivity contribution < 1.29 is 13.2 Å². The molecule has 35 heavy (non-hydrogen) atoms. The number of anilines is 1. The third kappa shape index (κ3) is 4.81. The van der Waals surface area contributed by atoms with Crippen LogP contribution in [0.15, 0.2) is 93.3 Å². The van der Waals surface area contributed by atoms with Gasteiger partial charge in [0.1, 0.15) is 0 Å². The molecule has 1 saturated heterocycles. The molecule has 3 aromatic carbocycles. The van der Waals surface area contributed by atoms with Crippen LogP contribution in [-0.2, 0) is 9.84 Å². The number of rotatable bonds is 4. The van der Waals surface area contributed by atoms with Crippen LogP contribution in [0, 0.1) is 6.92 Å². The van der Waals surface area contributed by atoms with Crippen molar-refractivity contribution in [1.29, 1.82) is 0 Å². The van der Waals surface area contributed by atoms with Crippen LogP contribution in [0.2, 0.25) is 0 Å². The number of halogens is 1. The van der Waals surface area contributed by atoms with Crippen LogP contribution in [0.1, 0.15) is 16.1 Å². The number of carbonyl (C=O) groups excluding carboxylic acids is 1. The number of pyridine rings is 1. The fourth-order valence-electron chi connectivity index (χ4n) is 4.35. The normalized spacial score (nSPS) is 14.3. The molecule has 178 valence electrons. The summed E-state index contributed by atoms with van der Waals surface area (Å²) in [7, 11) is -3.70. The minimum atomic E-state index is -3.70. The molecule has 0 aliphatic carbocycles. The van der Waals surface area contributed by atoms with Gasteiger partial charge in [-0.1, -0.05) is 28.1 Å². The number of benzene rings is 3. The van der Waals surface area contributed by atoms with Gasteiger partial charge in [-0.3, -0.25) is 9.78 Å². The average molecular weight is 550 g/mol. The third-order valence-corrected chi connectivity index (χ3v) is 8.57. The Morgan fingerprint density at radius 1 is 0.829 bits per heavy atom. The van der Waals surface area contributed by atoms with Crippen LogP contribution in [0.4, 0.5) is 5.69 Å². The number of amides is 1. The maximum absolute atomic E-state index is 13.2. The number of hydrogen-bond donors (Lipinski definition) is 0. The zero-order chi connectivity index (χ0) is 24.6. The summed E-state index contributed by atoms with van der Waals surface area (Å²) in [5, 5.41) is 1.81. The molecule has 0 unspecified atom stereocenters. The second kappa shape index (κ2) is 9.43. The molecule has 1 aromatic heterocycles. The van der Waals surface area contributed by atoms with Gasteiger partial charge in [0.25, 0.3) is 5.91 Å². The maximum atomic E-state index is 13.2. The Morgan fingerprint density at radius 2 is 1.49 bits per heavy atom. The molecule has 8 heteroatoms. The number of nitrogens with zero attached hydrogens (tertiary/aromatic N) is 3. The van der Waals surface area contributed by atoms with Gasteiger partial charge in [-0.15, -0.1) is 0 Å². The lowest BCUT2D eigenvalue weighted by molar-refractivity contribution is 0.0746. The van der Waals surface area contributed by atoms with Crippen molar-refractivity contribution in [2.24, 2.45) is 0 Å². The molecule has 0 N–H and O–H groups in total. The van der Waals surface area contributed by atoms with E-state index in [1.54, 1.807) is 36.5 Å². The Kier molecular flexibility index (Phi) is 6.34. The molecule has 0 radical (unpaired) electrons. The van der Waals surface area contributed by atoms with Gasteiger partial charge >= 0.3 is 0 Å². The van der Waals surface area contributed by atoms with E-state index in [2.05, 4.69) is 25.8 Å². The van der Waals surface area contributed by atoms with Crippen molar-refractivity contribution in [2.45, 2.75) is 16.7 Å². The Balaban J connectivity index is 1.29. The number of aromatic nitrogens is 1. The van der Waals surface area contributed by atoms with E-state index in [1.807, 2.05) is 42.2 Å². The van der Waals surface area contributed by atoms with E-state index in [0.717, 1.165) is 39.7 Å². The Hall–Kier alpha value is -3.23. The minimum absolute atomic E-state index is 0.0872. The summed E-state index contributed by atoms with van der Waals surface area (Å²) >= 11 is 3.44. The van der Waals surface area contributed by atoms with E-state index < -0.39 is 9.84 Å². The molecule has 0 saturated carbocycles. The number of hydrogen-bond acceptors (Lipinski definition) is 5. The fraction of sp³-hybridized carbons (Fsp3) is 0.185. The first-order valence-corrected chi connectivity index (χ1v) is 13.6. The van der Waals surface area contributed by atoms with Gasteiger partial charge in [-0.25, -0.2) is 8.42 Å². The van der Waals surface area contributed by atoms with E-state index in [4.69, 9.17) is 0 Å². The fourth-order valence-corrected chi connectivity index (χ4v) is 6.03. The Bertz CT molecular complexity index is 1510. The smallest absolute Gasteiger partial charge is 0.253 e. The quantitative estimate of drug-likeness (QED) is 0.354. The van der Waals surface area contributed by atoms with Crippen LogP contribution in [0.3, 0.4) is 0 Å². The average Bonchev–Trinajstić information content (AvgIpc) is 2.88. The van der Waals surface area contributed by atoms with Crippen molar-refractivity contribution in [1.82, 2.24) is 9.88 Å². The SMILES string of the molecule is Cc1cc(N2CCN(C(=O)c3ccc(S(=O)(=O)c4ccc5cc(Br)ccc5c4)cc3)CC2)ccn1. The van der Waals surface area contributed by atoms with Crippen molar-refractivity contribution in [3.63, 3.8) is 0 Å². The van der Waals surface area contributed by atoms with Crippen LogP contribution in [-0.4, -0.2) is 50.4 Å². The predicted octanol–water partition coefficient (Wildman–Crippen LogP) is 5.10. The summed E-state index contributed by atoms with van der Waals surface area (Å²) < 4.78 is 27.4. The van der Waals surface area contributed by atoms with E-state index in [9.17, 15) is 13.2 Å². The third-order valence-electron chi connectivity index (χ3n) is 6.31. The Morgan fingerprint density at radius 3 is 2.20 bits per heavy atom. The molecule has 0 bridgehead atoms. The van der Waals surface area contributed by atoms with Crippen LogP contribution in [0.5, 0.6) is 0 Å². The first-order chi connectivity index (χ1) is 16.8. The van der Waals surface area contributed by atoms with Gasteiger partial charge in [0, 0.05) is 53.8 Å². The molecule has 0 spiro atoms. The minimum Gasteiger partial charge on any atom is -0.368 e. The predicted molar refractivity (Wildman–Crippen MR) is 141 cm³/mol. The summed E-state index contributed by atoms with van der Waals surface area (Å²) in [6.07, 6.45) is 1.80. The standard InChI is InChI=1S/C27H24BrN3O3S/c1-19-16-24(10-11-29-19)30-12-14-31(15-13-30)27(32)20-3-7-25(8-4-20)35(33,34)26-9-5-21-17-23(28)6-2-22(21)18-26/h2-11,16-18H,12-15H2,1H3. The lowest BCUT2D eigenvalue weighted by Crippen LogP contribution is -2.48. The van der Waals surface area contributed by atoms with Crippen LogP contribution < -0.4 is 4.90 Å². The van der Waals surface area contributed by atoms with Crippen molar-refractivity contribution in [3.05, 3.63) is 94.7 Å². The number of carbonyl (C=O) groups is 1. The number of fused-ring (bicyclic) bond motifs is 1. The number of piperazine rings is 1. The zero-order valence-corrected chi connectivity index (χ0v) is 21.6. The molecule has 4 aromatic rings. The molecule has 1 aliphatic heterocycles. The van der Waals surface area contributed by atoms with Gasteiger partial charge in [0.15, 0.2) is 0 Å². The second-order valence-electron chi connectivity index (χ2n) is 8.62. The van der Waals surface area contributed by atoms with Crippen LogP contribution in [0.25, 0.3) is 10.8 Å². The molecule has 6 nitrogen and oxygen atoms in total. The summed E-state index contributed by atoms with van der Waals surface area (Å²) in [5.74, 6) is -0.0872. The van der Waals surface area contributed by atoms with Crippen molar-refractivity contribution in [2.75, 3.05) is 31.1 Å². The summed E-state index contributed by atoms with van der Waals surface area (Å²) in [4.78, 5) is 21.7. The number of aryl methyl sites for hydroxylation is 1. The van der Waals surface area contributed by atoms with Gasteiger partial charge in [-0.05, 0) is 78.4 Å². The summed E-state index contributed by atoms with van der Waals surface area (Å²) in [5.41, 5.74) is 2.56. The highest BCUT2D eigenvalue weighted by atomic mass is 79.9. The first-order valence-electron chi connectivity index (χ1n) is 11.3.